The molecule has 4 rings (SSSR count). The predicted octanol–water partition coefficient (Wildman–Crippen LogP) is 4.64. The molecule has 0 unspecified atom stereocenters. The van der Waals surface area contributed by atoms with Gasteiger partial charge in [-0.05, 0) is 95.9 Å². The van der Waals surface area contributed by atoms with Gasteiger partial charge in [0.1, 0.15) is 12.4 Å². The fraction of sp³-hybridized carbons (Fsp3) is 0.500. The summed E-state index contributed by atoms with van der Waals surface area (Å²) in [5, 5.41) is 8.34. The Labute approximate surface area is 243 Å². The summed E-state index contributed by atoms with van der Waals surface area (Å²) < 4.78 is 10.9. The number of benzene rings is 2. The lowest BCUT2D eigenvalue weighted by Gasteiger charge is -2.40. The van der Waals surface area contributed by atoms with Gasteiger partial charge in [-0.1, -0.05) is 12.1 Å². The van der Waals surface area contributed by atoms with Crippen molar-refractivity contribution in [3.05, 3.63) is 69.1 Å². The van der Waals surface area contributed by atoms with Gasteiger partial charge in [0.2, 0.25) is 0 Å². The average Bonchev–Trinajstić information content (AvgIpc) is 3.29. The number of anilines is 1. The Balaban J connectivity index is 1.67. The van der Waals surface area contributed by atoms with E-state index in [1.165, 1.54) is 12.8 Å². The molecule has 1 amide bonds. The minimum Gasteiger partial charge on any atom is -0.491 e. The lowest BCUT2D eigenvalue weighted by atomic mass is 9.88. The van der Waals surface area contributed by atoms with Gasteiger partial charge in [0.25, 0.3) is 11.5 Å². The van der Waals surface area contributed by atoms with Crippen molar-refractivity contribution in [2.45, 2.75) is 65.1 Å². The monoisotopic (exact) mass is 563 g/mol. The molecule has 0 bridgehead atoms. The van der Waals surface area contributed by atoms with Gasteiger partial charge in [-0.3, -0.25) is 14.7 Å². The Kier molecular flexibility index (Phi) is 10.3. The summed E-state index contributed by atoms with van der Waals surface area (Å²) in [6.45, 7) is 8.05. The van der Waals surface area contributed by atoms with Gasteiger partial charge in [0, 0.05) is 48.2 Å². The maximum Gasteiger partial charge on any atom is 0.269 e. The summed E-state index contributed by atoms with van der Waals surface area (Å²) in [6, 6.07) is 13.3. The topological polar surface area (TPSA) is 103 Å². The van der Waals surface area contributed by atoms with Gasteiger partial charge in [0.15, 0.2) is 0 Å². The number of methoxy groups -OCH3 is 1. The minimum atomic E-state index is -0.217. The highest BCUT2D eigenvalue weighted by Crippen LogP contribution is 2.38. The number of H-pyrrole nitrogens is 2. The quantitative estimate of drug-likeness (QED) is 0.278. The maximum atomic E-state index is 13.4. The molecular weight excluding hydrogens is 518 g/mol. The Bertz CT molecular complexity index is 1350. The molecule has 1 saturated carbocycles. The average molecular weight is 564 g/mol. The lowest BCUT2D eigenvalue weighted by molar-refractivity contribution is 0.0950. The number of carbonyl (C=O) groups excluding carboxylic acids is 1. The summed E-state index contributed by atoms with van der Waals surface area (Å²) in [7, 11) is 6.00. The van der Waals surface area contributed by atoms with Crippen LogP contribution in [0.4, 0.5) is 5.69 Å². The smallest absolute Gasteiger partial charge is 0.269 e. The Hall–Kier alpha value is -3.56. The zero-order valence-electron chi connectivity index (χ0n) is 25.3. The van der Waals surface area contributed by atoms with E-state index in [1.807, 2.05) is 32.0 Å². The summed E-state index contributed by atoms with van der Waals surface area (Å²) in [6.07, 6.45) is 4.62. The predicted molar refractivity (Wildman–Crippen MR) is 164 cm³/mol. The van der Waals surface area contributed by atoms with Crippen LogP contribution in [0.5, 0.6) is 5.75 Å². The van der Waals surface area contributed by atoms with E-state index in [0.717, 1.165) is 53.2 Å². The maximum absolute atomic E-state index is 13.4. The molecule has 222 valence electrons. The van der Waals surface area contributed by atoms with Crippen LogP contribution in [0.1, 0.15) is 59.8 Å². The molecule has 1 aromatic heterocycles. The van der Waals surface area contributed by atoms with Gasteiger partial charge >= 0.3 is 0 Å². The summed E-state index contributed by atoms with van der Waals surface area (Å²) in [5.74, 6) is 0.572. The molecule has 0 atom stereocenters. The molecule has 1 fully saturated rings. The van der Waals surface area contributed by atoms with Crippen molar-refractivity contribution in [2.24, 2.45) is 0 Å². The van der Waals surface area contributed by atoms with Crippen molar-refractivity contribution in [1.29, 1.82) is 0 Å². The third-order valence-electron chi connectivity index (χ3n) is 8.31. The highest BCUT2D eigenvalue weighted by atomic mass is 16.5. The van der Waals surface area contributed by atoms with Crippen molar-refractivity contribution in [3.8, 4) is 16.9 Å². The van der Waals surface area contributed by atoms with Crippen LogP contribution in [0.15, 0.2) is 41.2 Å². The first-order chi connectivity index (χ1) is 19.7. The standard InChI is InChI=1S/C32H45N5O4/c1-7-37(25-12-10-24(11-13-25)36(4)5)30-18-21(2)27(31(38)33-20-29-22(3)34-35-32(29)39)19-28(30)23-8-14-26(15-9-23)41-17-16-40-6/h8-9,14-15,18-19,24-25H,7,10-13,16-17,20H2,1-6H3,(H,33,38)(H2,34,35,39). The molecular formula is C32H45N5O4. The van der Waals surface area contributed by atoms with E-state index in [4.69, 9.17) is 9.47 Å². The number of amides is 1. The van der Waals surface area contributed by atoms with Crippen molar-refractivity contribution in [3.63, 3.8) is 0 Å². The van der Waals surface area contributed by atoms with E-state index in [2.05, 4.69) is 64.5 Å². The molecule has 0 spiro atoms. The number of aryl methyl sites for hydroxylation is 2. The molecule has 9 heteroatoms. The van der Waals surface area contributed by atoms with E-state index in [1.54, 1.807) is 7.11 Å². The first-order valence-electron chi connectivity index (χ1n) is 14.6. The molecule has 0 aliphatic heterocycles. The number of carbonyl (C=O) groups is 1. The Morgan fingerprint density at radius 2 is 1.68 bits per heavy atom. The van der Waals surface area contributed by atoms with Crippen LogP contribution >= 0.6 is 0 Å². The van der Waals surface area contributed by atoms with Crippen LogP contribution in [0.25, 0.3) is 11.1 Å². The molecule has 41 heavy (non-hydrogen) atoms. The summed E-state index contributed by atoms with van der Waals surface area (Å²) in [5.41, 5.74) is 5.71. The summed E-state index contributed by atoms with van der Waals surface area (Å²) in [4.78, 5) is 30.4. The third-order valence-corrected chi connectivity index (χ3v) is 8.31. The highest BCUT2D eigenvalue weighted by Gasteiger charge is 2.28. The number of aromatic amines is 2. The van der Waals surface area contributed by atoms with E-state index >= 15 is 0 Å². The fourth-order valence-corrected chi connectivity index (χ4v) is 5.84. The van der Waals surface area contributed by atoms with Gasteiger partial charge < -0.3 is 29.7 Å². The van der Waals surface area contributed by atoms with Gasteiger partial charge in [-0.2, -0.15) is 0 Å². The van der Waals surface area contributed by atoms with Gasteiger partial charge in [-0.15, -0.1) is 0 Å². The van der Waals surface area contributed by atoms with Crippen LogP contribution in [-0.2, 0) is 11.3 Å². The molecule has 1 heterocycles. The van der Waals surface area contributed by atoms with E-state index in [-0.39, 0.29) is 18.0 Å². The van der Waals surface area contributed by atoms with Gasteiger partial charge in [0.05, 0.1) is 18.7 Å². The number of nitrogens with zero attached hydrogens (tertiary/aromatic N) is 2. The summed E-state index contributed by atoms with van der Waals surface area (Å²) >= 11 is 0. The van der Waals surface area contributed by atoms with Crippen LogP contribution in [-0.4, -0.2) is 74.1 Å². The Morgan fingerprint density at radius 1 is 1.00 bits per heavy atom. The second-order valence-corrected chi connectivity index (χ2v) is 11.1. The van der Waals surface area contributed by atoms with Gasteiger partial charge in [-0.25, -0.2) is 0 Å². The SMILES string of the molecule is CCN(c1cc(C)c(C(=O)NCc2c(C)[nH][nH]c2=O)cc1-c1ccc(OCCOC)cc1)C1CCC(N(C)C)CC1. The van der Waals surface area contributed by atoms with Crippen molar-refractivity contribution < 1.29 is 14.3 Å². The lowest BCUT2D eigenvalue weighted by Crippen LogP contribution is -2.42. The van der Waals surface area contributed by atoms with Crippen LogP contribution in [0.2, 0.25) is 0 Å². The molecule has 9 nitrogen and oxygen atoms in total. The number of rotatable bonds is 12. The van der Waals surface area contributed by atoms with E-state index in [0.29, 0.717) is 36.4 Å². The molecule has 1 aliphatic rings. The first kappa shape index (κ1) is 30.4. The Morgan fingerprint density at radius 3 is 2.27 bits per heavy atom. The van der Waals surface area contributed by atoms with E-state index < -0.39 is 0 Å². The van der Waals surface area contributed by atoms with E-state index in [9.17, 15) is 9.59 Å². The largest absolute Gasteiger partial charge is 0.491 e. The zero-order chi connectivity index (χ0) is 29.5. The van der Waals surface area contributed by atoms with Crippen LogP contribution < -0.4 is 20.5 Å². The van der Waals surface area contributed by atoms with Crippen molar-refractivity contribution in [2.75, 3.05) is 45.9 Å². The first-order valence-corrected chi connectivity index (χ1v) is 14.6. The third kappa shape index (κ3) is 7.21. The molecule has 2 aromatic carbocycles. The molecule has 3 aromatic rings. The van der Waals surface area contributed by atoms with Crippen LogP contribution in [0.3, 0.4) is 0 Å². The number of hydrogen-bond donors (Lipinski definition) is 3. The number of aromatic nitrogens is 2. The molecule has 0 radical (unpaired) electrons. The fourth-order valence-electron chi connectivity index (χ4n) is 5.84. The highest BCUT2D eigenvalue weighted by molar-refractivity contribution is 5.98. The molecule has 1 aliphatic carbocycles. The zero-order valence-corrected chi connectivity index (χ0v) is 25.3. The van der Waals surface area contributed by atoms with Crippen molar-refractivity contribution >= 4 is 11.6 Å². The number of nitrogens with one attached hydrogen (secondary N) is 3. The molecule has 3 N–H and O–H groups in total. The minimum absolute atomic E-state index is 0.156. The molecule has 0 saturated heterocycles. The number of hydrogen-bond acceptors (Lipinski definition) is 6. The normalized spacial score (nSPS) is 17.0. The van der Waals surface area contributed by atoms with Crippen molar-refractivity contribution in [1.82, 2.24) is 20.4 Å². The second-order valence-electron chi connectivity index (χ2n) is 11.1. The van der Waals surface area contributed by atoms with Crippen LogP contribution in [0, 0.1) is 13.8 Å². The second kappa shape index (κ2) is 13.9. The number of ether oxygens (including phenoxy) is 2.